The third kappa shape index (κ3) is 4.45. The van der Waals surface area contributed by atoms with Gasteiger partial charge >= 0.3 is 0 Å². The summed E-state index contributed by atoms with van der Waals surface area (Å²) in [5.74, 6) is -0.428. The van der Waals surface area contributed by atoms with Crippen molar-refractivity contribution < 1.29 is 17.9 Å². The van der Waals surface area contributed by atoms with E-state index >= 15 is 0 Å². The summed E-state index contributed by atoms with van der Waals surface area (Å²) in [6, 6.07) is 4.95. The molecule has 0 unspecified atom stereocenters. The van der Waals surface area contributed by atoms with E-state index in [1.54, 1.807) is 18.2 Å². The number of piperidine rings is 1. The maximum atomic E-state index is 13.1. The number of morpholine rings is 1. The van der Waals surface area contributed by atoms with Gasteiger partial charge in [-0.05, 0) is 37.5 Å². The minimum atomic E-state index is -3.68. The first-order chi connectivity index (χ1) is 14.6. The van der Waals surface area contributed by atoms with Crippen LogP contribution >= 0.6 is 0 Å². The Hall–Kier alpha value is -2.56. The van der Waals surface area contributed by atoms with Crippen molar-refractivity contribution in [1.29, 1.82) is 0 Å². The van der Waals surface area contributed by atoms with E-state index in [2.05, 4.69) is 20.2 Å². The maximum Gasteiger partial charge on any atom is 0.275 e. The Morgan fingerprint density at radius 2 is 1.80 bits per heavy atom. The highest BCUT2D eigenvalue weighted by Crippen LogP contribution is 2.32. The smallest absolute Gasteiger partial charge is 0.275 e. The van der Waals surface area contributed by atoms with Crippen molar-refractivity contribution in [1.82, 2.24) is 14.3 Å². The lowest BCUT2D eigenvalue weighted by Gasteiger charge is -2.31. The van der Waals surface area contributed by atoms with E-state index < -0.39 is 15.9 Å². The van der Waals surface area contributed by atoms with Crippen molar-refractivity contribution in [3.8, 4) is 0 Å². The lowest BCUT2D eigenvalue weighted by molar-refractivity contribution is 0.0730. The Balaban J connectivity index is 1.68. The van der Waals surface area contributed by atoms with Crippen LogP contribution in [0, 0.1) is 0 Å². The maximum absolute atomic E-state index is 13.1. The van der Waals surface area contributed by atoms with Gasteiger partial charge < -0.3 is 15.0 Å². The third-order valence-electron chi connectivity index (χ3n) is 5.32. The second-order valence-electron chi connectivity index (χ2n) is 7.29. The van der Waals surface area contributed by atoms with Gasteiger partial charge in [-0.2, -0.15) is 4.31 Å². The highest BCUT2D eigenvalue weighted by atomic mass is 32.2. The predicted octanol–water partition coefficient (Wildman–Crippen LogP) is 1.74. The van der Waals surface area contributed by atoms with Gasteiger partial charge in [-0.15, -0.1) is 0 Å². The number of ether oxygens (including phenoxy) is 1. The summed E-state index contributed by atoms with van der Waals surface area (Å²) < 4.78 is 32.9. The number of carbonyl (C=O) groups excluding carboxylic acids is 1. The molecule has 30 heavy (non-hydrogen) atoms. The van der Waals surface area contributed by atoms with E-state index in [-0.39, 0.29) is 10.6 Å². The average molecular weight is 432 g/mol. The SMILES string of the molecule is O=C(Nc1cc(S(=O)(=O)N2CCOCC2)ccc1N1CCCCC1)c1cnccn1. The second kappa shape index (κ2) is 9.07. The number of nitrogens with one attached hydrogen (secondary N) is 1. The standard InChI is InChI=1S/C20H25N5O4S/c26-20(18-15-21-6-7-22-18)23-17-14-16(30(27,28)25-10-12-29-13-11-25)4-5-19(17)24-8-2-1-3-9-24/h4-7,14-15H,1-3,8-13H2,(H,23,26). The number of anilines is 2. The molecule has 0 atom stereocenters. The quantitative estimate of drug-likeness (QED) is 0.769. The molecule has 2 aliphatic rings. The van der Waals surface area contributed by atoms with Gasteiger partial charge in [0, 0.05) is 38.6 Å². The van der Waals surface area contributed by atoms with Gasteiger partial charge in [0.1, 0.15) is 5.69 Å². The summed E-state index contributed by atoms with van der Waals surface area (Å²) in [6.07, 6.45) is 7.60. The molecule has 9 nitrogen and oxygen atoms in total. The molecule has 0 spiro atoms. The molecule has 1 aromatic heterocycles. The summed E-state index contributed by atoms with van der Waals surface area (Å²) in [5, 5.41) is 2.85. The molecule has 0 aliphatic carbocycles. The first-order valence-corrected chi connectivity index (χ1v) is 11.5. The van der Waals surface area contributed by atoms with Crippen molar-refractivity contribution in [3.05, 3.63) is 42.5 Å². The zero-order chi connectivity index (χ0) is 21.0. The Labute approximate surface area is 176 Å². The van der Waals surface area contributed by atoms with Gasteiger partial charge in [0.05, 0.1) is 35.7 Å². The molecule has 2 aliphatic heterocycles. The van der Waals surface area contributed by atoms with Crippen LogP contribution < -0.4 is 10.2 Å². The molecule has 2 fully saturated rings. The summed E-state index contributed by atoms with van der Waals surface area (Å²) in [7, 11) is -3.68. The fraction of sp³-hybridized carbons (Fsp3) is 0.450. The van der Waals surface area contributed by atoms with Crippen molar-refractivity contribution in [2.75, 3.05) is 49.6 Å². The van der Waals surface area contributed by atoms with E-state index in [0.717, 1.165) is 31.6 Å². The molecule has 4 rings (SSSR count). The number of carbonyl (C=O) groups is 1. The summed E-state index contributed by atoms with van der Waals surface area (Å²) in [6.45, 7) is 3.12. The number of aromatic nitrogens is 2. The second-order valence-corrected chi connectivity index (χ2v) is 9.23. The largest absolute Gasteiger partial charge is 0.379 e. The van der Waals surface area contributed by atoms with Crippen molar-refractivity contribution in [2.24, 2.45) is 0 Å². The number of benzene rings is 1. The van der Waals surface area contributed by atoms with Gasteiger partial charge in [-0.1, -0.05) is 0 Å². The fourth-order valence-corrected chi connectivity index (χ4v) is 5.16. The minimum absolute atomic E-state index is 0.152. The van der Waals surface area contributed by atoms with Crippen LogP contribution in [0.2, 0.25) is 0 Å². The summed E-state index contributed by atoms with van der Waals surface area (Å²) >= 11 is 0. The van der Waals surface area contributed by atoms with Gasteiger partial charge in [0.2, 0.25) is 10.0 Å². The van der Waals surface area contributed by atoms with Crippen LogP contribution in [0.3, 0.4) is 0 Å². The van der Waals surface area contributed by atoms with E-state index in [4.69, 9.17) is 4.74 Å². The Bertz CT molecular complexity index is 988. The fourth-order valence-electron chi connectivity index (χ4n) is 3.73. The lowest BCUT2D eigenvalue weighted by Crippen LogP contribution is -2.40. The number of hydrogen-bond donors (Lipinski definition) is 1. The molecule has 1 amide bonds. The van der Waals surface area contributed by atoms with Crippen molar-refractivity contribution >= 4 is 27.3 Å². The van der Waals surface area contributed by atoms with Gasteiger partial charge in [-0.3, -0.25) is 9.78 Å². The topological polar surface area (TPSA) is 105 Å². The molecule has 2 aromatic rings. The molecule has 160 valence electrons. The van der Waals surface area contributed by atoms with E-state index in [0.29, 0.717) is 32.0 Å². The highest BCUT2D eigenvalue weighted by molar-refractivity contribution is 7.89. The minimum Gasteiger partial charge on any atom is -0.379 e. The molecule has 0 saturated carbocycles. The van der Waals surface area contributed by atoms with E-state index in [1.165, 1.54) is 29.3 Å². The Morgan fingerprint density at radius 1 is 1.03 bits per heavy atom. The van der Waals surface area contributed by atoms with Crippen LogP contribution in [0.15, 0.2) is 41.7 Å². The lowest BCUT2D eigenvalue weighted by atomic mass is 10.1. The monoisotopic (exact) mass is 431 g/mol. The number of hydrogen-bond acceptors (Lipinski definition) is 7. The van der Waals surface area contributed by atoms with Crippen LogP contribution in [0.1, 0.15) is 29.8 Å². The van der Waals surface area contributed by atoms with Crippen LogP contribution in [-0.4, -0.2) is 68.0 Å². The Kier molecular flexibility index (Phi) is 6.26. The molecule has 3 heterocycles. The summed E-state index contributed by atoms with van der Waals surface area (Å²) in [4.78, 5) is 23.0. The Morgan fingerprint density at radius 3 is 2.50 bits per heavy atom. The van der Waals surface area contributed by atoms with E-state index in [9.17, 15) is 13.2 Å². The first kappa shape index (κ1) is 20.7. The van der Waals surface area contributed by atoms with Crippen molar-refractivity contribution in [2.45, 2.75) is 24.2 Å². The van der Waals surface area contributed by atoms with Crippen LogP contribution in [-0.2, 0) is 14.8 Å². The molecular weight excluding hydrogens is 406 g/mol. The predicted molar refractivity (Wildman–Crippen MR) is 112 cm³/mol. The van der Waals surface area contributed by atoms with Crippen LogP contribution in [0.4, 0.5) is 11.4 Å². The normalized spacial score (nSPS) is 18.2. The van der Waals surface area contributed by atoms with Gasteiger partial charge in [-0.25, -0.2) is 13.4 Å². The zero-order valence-electron chi connectivity index (χ0n) is 16.7. The molecule has 0 radical (unpaired) electrons. The van der Waals surface area contributed by atoms with E-state index in [1.807, 2.05) is 0 Å². The first-order valence-electron chi connectivity index (χ1n) is 10.1. The number of amides is 1. The average Bonchev–Trinajstić information content (AvgIpc) is 2.81. The molecule has 10 heteroatoms. The molecular formula is C20H25N5O4S. The molecule has 2 saturated heterocycles. The number of rotatable bonds is 5. The summed E-state index contributed by atoms with van der Waals surface area (Å²) in [5.41, 5.74) is 1.44. The van der Waals surface area contributed by atoms with Gasteiger partial charge in [0.25, 0.3) is 5.91 Å². The molecule has 0 bridgehead atoms. The zero-order valence-corrected chi connectivity index (χ0v) is 17.5. The van der Waals surface area contributed by atoms with Crippen molar-refractivity contribution in [3.63, 3.8) is 0 Å². The molecule has 1 aromatic carbocycles. The van der Waals surface area contributed by atoms with Crippen LogP contribution in [0.5, 0.6) is 0 Å². The van der Waals surface area contributed by atoms with Gasteiger partial charge in [0.15, 0.2) is 0 Å². The molecule has 1 N–H and O–H groups in total. The van der Waals surface area contributed by atoms with Crippen LogP contribution in [0.25, 0.3) is 0 Å². The number of nitrogens with zero attached hydrogens (tertiary/aromatic N) is 4. The highest BCUT2D eigenvalue weighted by Gasteiger charge is 2.28. The third-order valence-corrected chi connectivity index (χ3v) is 7.21. The number of sulfonamides is 1.